The molecule has 3 aliphatic carbocycles. The molecule has 12 heteroatoms. The van der Waals surface area contributed by atoms with Crippen LogP contribution in [0.1, 0.15) is 68.1 Å². The quantitative estimate of drug-likeness (QED) is 0.213. The van der Waals surface area contributed by atoms with E-state index in [0.717, 1.165) is 112 Å². The van der Waals surface area contributed by atoms with Crippen molar-refractivity contribution in [2.45, 2.75) is 87.4 Å². The zero-order valence-corrected chi connectivity index (χ0v) is 32.7. The summed E-state index contributed by atoms with van der Waals surface area (Å²) in [6.07, 6.45) is 7.79. The molecule has 2 bridgehead atoms. The van der Waals surface area contributed by atoms with Crippen LogP contribution >= 0.6 is 23.2 Å². The molecule has 4 fully saturated rings. The van der Waals surface area contributed by atoms with E-state index in [-0.39, 0.29) is 23.5 Å². The van der Waals surface area contributed by atoms with Gasteiger partial charge in [-0.15, -0.1) is 0 Å². The average molecular weight is 790 g/mol. The van der Waals surface area contributed by atoms with Gasteiger partial charge < -0.3 is 29.9 Å². The standard InChI is InChI=1S/C23H27Cl2N3O2.C20H23NO4/c24-19-4-3-5-21(23(19)25)28-13-11-27(12-14-28)10-1-2-15-30-18-8-6-17-7-9-22(29)26-20(17)16-18;22-13-4-3-12-9-15-20(24)6-5-14(23)18-19(20,16(12)17(13)25-18)7-8-21(15)10-11-1-2-11/h3-6,8,16H,1-2,7,9-15H2,(H,26,29);3-4,11,15,18,22,24H,1-2,5-10H2/t;15-,18+,19+,20-/m.1/s1. The molecule has 0 unspecified atom stereocenters. The number of ketones is 1. The fourth-order valence-electron chi connectivity index (χ4n) is 10.3. The number of phenolic OH excluding ortho intramolecular Hbond substituents is 1. The minimum atomic E-state index is -0.940. The first kappa shape index (κ1) is 37.1. The number of hydrogen-bond donors (Lipinski definition) is 3. The molecule has 10 nitrogen and oxygen atoms in total. The second kappa shape index (κ2) is 14.8. The van der Waals surface area contributed by atoms with E-state index in [4.69, 9.17) is 32.7 Å². The Bertz CT molecular complexity index is 1980. The number of amides is 1. The Labute approximate surface area is 332 Å². The normalized spacial score (nSPS) is 28.0. The smallest absolute Gasteiger partial charge is 0.224 e. The number of aliphatic hydroxyl groups is 1. The molecule has 4 heterocycles. The molecule has 2 saturated heterocycles. The number of piperidine rings is 1. The van der Waals surface area contributed by atoms with Crippen LogP contribution in [0.15, 0.2) is 48.5 Å². The fourth-order valence-corrected chi connectivity index (χ4v) is 10.7. The lowest BCUT2D eigenvalue weighted by atomic mass is 9.49. The SMILES string of the molecule is O=C1CC[C@@]2(O)[C@H]3Cc4ccc(O)c5c4[C@@]2(CCN3CC2CC2)[C@H]1O5.O=C1CCc2ccc(OCCCCN3CCN(c4cccc(Cl)c4Cl)CC3)cc2N1. The second-order valence-corrected chi connectivity index (χ2v) is 17.3. The molecule has 0 radical (unpaired) electrons. The van der Waals surface area contributed by atoms with Gasteiger partial charge in [0.05, 0.1) is 33.4 Å². The van der Waals surface area contributed by atoms with Crippen molar-refractivity contribution in [1.29, 1.82) is 0 Å². The Morgan fingerprint density at radius 3 is 2.56 bits per heavy atom. The Morgan fingerprint density at radius 1 is 0.927 bits per heavy atom. The zero-order chi connectivity index (χ0) is 37.9. The number of carbonyl (C=O) groups excluding carboxylic acids is 2. The number of carbonyl (C=O) groups is 2. The van der Waals surface area contributed by atoms with Crippen LogP contribution in [0.4, 0.5) is 11.4 Å². The molecule has 7 aliphatic rings. The number of rotatable bonds is 9. The number of unbranched alkanes of at least 4 members (excludes halogenated alkanes) is 1. The van der Waals surface area contributed by atoms with Gasteiger partial charge in [0, 0.05) is 68.9 Å². The molecular formula is C43H50Cl2N4O6. The Morgan fingerprint density at radius 2 is 1.75 bits per heavy atom. The number of piperazine rings is 1. The van der Waals surface area contributed by atoms with Crippen LogP contribution in [0.25, 0.3) is 0 Å². The maximum absolute atomic E-state index is 12.7. The highest BCUT2D eigenvalue weighted by Crippen LogP contribution is 2.65. The number of aromatic hydroxyl groups is 1. The number of ether oxygens (including phenoxy) is 2. The number of anilines is 2. The summed E-state index contributed by atoms with van der Waals surface area (Å²) in [5.41, 5.74) is 3.55. The lowest BCUT2D eigenvalue weighted by Gasteiger charge is -2.62. The number of benzene rings is 3. The number of fused-ring (bicyclic) bond motifs is 1. The molecule has 3 N–H and O–H groups in total. The van der Waals surface area contributed by atoms with Crippen LogP contribution in [0.2, 0.25) is 10.0 Å². The van der Waals surface area contributed by atoms with Crippen LogP contribution in [-0.2, 0) is 27.8 Å². The van der Waals surface area contributed by atoms with Gasteiger partial charge in [-0.05, 0) is 106 Å². The number of hydrogen-bond acceptors (Lipinski definition) is 9. The van der Waals surface area contributed by atoms with E-state index in [2.05, 4.69) is 26.1 Å². The molecule has 1 amide bonds. The molecule has 3 aromatic carbocycles. The summed E-state index contributed by atoms with van der Waals surface area (Å²) in [7, 11) is 0. The van der Waals surface area contributed by atoms with Gasteiger partial charge in [-0.3, -0.25) is 19.4 Å². The molecular weight excluding hydrogens is 739 g/mol. The van der Waals surface area contributed by atoms with E-state index >= 15 is 0 Å². The van der Waals surface area contributed by atoms with E-state index in [1.165, 1.54) is 18.4 Å². The molecule has 292 valence electrons. The zero-order valence-electron chi connectivity index (χ0n) is 31.2. The molecule has 1 spiro atoms. The van der Waals surface area contributed by atoms with Gasteiger partial charge in [-0.1, -0.05) is 41.4 Å². The molecule has 4 atom stereocenters. The van der Waals surface area contributed by atoms with E-state index < -0.39 is 17.1 Å². The predicted octanol–water partition coefficient (Wildman–Crippen LogP) is 6.38. The first-order valence-corrected chi connectivity index (χ1v) is 20.9. The summed E-state index contributed by atoms with van der Waals surface area (Å²) in [4.78, 5) is 31.5. The van der Waals surface area contributed by atoms with E-state index in [1.807, 2.05) is 36.4 Å². The molecule has 0 aromatic heterocycles. The van der Waals surface area contributed by atoms with Crippen molar-refractivity contribution in [3.8, 4) is 17.2 Å². The first-order chi connectivity index (χ1) is 26.6. The maximum Gasteiger partial charge on any atom is 0.224 e. The lowest BCUT2D eigenvalue weighted by molar-refractivity contribution is -0.188. The largest absolute Gasteiger partial charge is 0.504 e. The van der Waals surface area contributed by atoms with Gasteiger partial charge in [-0.25, -0.2) is 0 Å². The van der Waals surface area contributed by atoms with Gasteiger partial charge in [0.15, 0.2) is 23.4 Å². The van der Waals surface area contributed by atoms with Crippen molar-refractivity contribution in [2.75, 3.05) is 62.6 Å². The van der Waals surface area contributed by atoms with Crippen LogP contribution < -0.4 is 19.7 Å². The Hall–Kier alpha value is -3.54. The van der Waals surface area contributed by atoms with E-state index in [9.17, 15) is 19.8 Å². The predicted molar refractivity (Wildman–Crippen MR) is 213 cm³/mol. The monoisotopic (exact) mass is 788 g/mol. The summed E-state index contributed by atoms with van der Waals surface area (Å²) >= 11 is 12.5. The maximum atomic E-state index is 12.7. The Kier molecular flexibility index (Phi) is 9.94. The van der Waals surface area contributed by atoms with Crippen molar-refractivity contribution in [3.05, 3.63) is 75.3 Å². The second-order valence-electron chi connectivity index (χ2n) is 16.5. The van der Waals surface area contributed by atoms with Crippen molar-refractivity contribution in [1.82, 2.24) is 9.80 Å². The van der Waals surface area contributed by atoms with Crippen LogP contribution in [-0.4, -0.2) is 102 Å². The first-order valence-electron chi connectivity index (χ1n) is 20.1. The number of nitrogens with zero attached hydrogens (tertiary/aromatic N) is 3. The van der Waals surface area contributed by atoms with Gasteiger partial charge >= 0.3 is 0 Å². The van der Waals surface area contributed by atoms with Gasteiger partial charge in [0.1, 0.15) is 5.75 Å². The third kappa shape index (κ3) is 6.65. The fraction of sp³-hybridized carbons (Fsp3) is 0.535. The van der Waals surface area contributed by atoms with Crippen molar-refractivity contribution in [2.24, 2.45) is 5.92 Å². The highest BCUT2D eigenvalue weighted by molar-refractivity contribution is 6.43. The molecule has 55 heavy (non-hydrogen) atoms. The van der Waals surface area contributed by atoms with Gasteiger partial charge in [0.25, 0.3) is 0 Å². The Balaban J connectivity index is 0.000000146. The lowest BCUT2D eigenvalue weighted by Crippen LogP contribution is -2.76. The van der Waals surface area contributed by atoms with Crippen molar-refractivity contribution >= 4 is 46.3 Å². The topological polar surface area (TPSA) is 115 Å². The number of halogens is 2. The van der Waals surface area contributed by atoms with Gasteiger partial charge in [0.2, 0.25) is 5.91 Å². The van der Waals surface area contributed by atoms with Gasteiger partial charge in [-0.2, -0.15) is 0 Å². The van der Waals surface area contributed by atoms with E-state index in [0.29, 0.717) is 41.7 Å². The number of likely N-dealkylation sites (tertiary alicyclic amines) is 1. The number of Topliss-reactive ketones (excluding diaryl/α,β-unsaturated/α-hetero) is 1. The highest BCUT2D eigenvalue weighted by atomic mass is 35.5. The molecule has 2 saturated carbocycles. The summed E-state index contributed by atoms with van der Waals surface area (Å²) in [6, 6.07) is 15.5. The van der Waals surface area contributed by atoms with Crippen LogP contribution in [0, 0.1) is 5.92 Å². The molecule has 3 aromatic rings. The third-order valence-corrected chi connectivity index (χ3v) is 14.1. The summed E-state index contributed by atoms with van der Waals surface area (Å²) in [5.74, 6) is 2.29. The summed E-state index contributed by atoms with van der Waals surface area (Å²) in [6.45, 7) is 7.66. The minimum Gasteiger partial charge on any atom is -0.504 e. The van der Waals surface area contributed by atoms with Crippen LogP contribution in [0.3, 0.4) is 0 Å². The van der Waals surface area contributed by atoms with E-state index in [1.54, 1.807) is 6.07 Å². The average Bonchev–Trinajstić information content (AvgIpc) is 3.93. The third-order valence-electron chi connectivity index (χ3n) is 13.3. The summed E-state index contributed by atoms with van der Waals surface area (Å²) in [5, 5.41) is 26.5. The number of aryl methyl sites for hydroxylation is 1. The highest BCUT2D eigenvalue weighted by Gasteiger charge is 2.73. The number of nitrogens with one attached hydrogen (secondary N) is 1. The minimum absolute atomic E-state index is 0.0454. The van der Waals surface area contributed by atoms with Crippen LogP contribution in [0.5, 0.6) is 17.2 Å². The van der Waals surface area contributed by atoms with Crippen molar-refractivity contribution in [3.63, 3.8) is 0 Å². The number of phenols is 1. The molecule has 10 rings (SSSR count). The van der Waals surface area contributed by atoms with Crippen molar-refractivity contribution < 1.29 is 29.3 Å². The summed E-state index contributed by atoms with van der Waals surface area (Å²) < 4.78 is 11.9. The molecule has 4 aliphatic heterocycles.